The lowest BCUT2D eigenvalue weighted by atomic mass is 9.82. The third-order valence-electron chi connectivity index (χ3n) is 5.69. The fourth-order valence-electron chi connectivity index (χ4n) is 4.15. The quantitative estimate of drug-likeness (QED) is 0.639. The van der Waals surface area contributed by atoms with Gasteiger partial charge in [0.1, 0.15) is 5.82 Å². The molecule has 4 N–H and O–H groups in total. The molecule has 2 fully saturated rings. The van der Waals surface area contributed by atoms with Crippen molar-refractivity contribution in [2.45, 2.75) is 57.5 Å². The number of anilines is 1. The van der Waals surface area contributed by atoms with E-state index in [0.29, 0.717) is 11.7 Å². The number of aliphatic carboxylic acids is 1. The van der Waals surface area contributed by atoms with E-state index in [1.54, 1.807) is 12.1 Å². The Kier molecular flexibility index (Phi) is 7.23. The van der Waals surface area contributed by atoms with Crippen LogP contribution in [0.25, 0.3) is 0 Å². The van der Waals surface area contributed by atoms with Crippen LogP contribution in [-0.4, -0.2) is 45.0 Å². The molecule has 0 aromatic carbocycles. The van der Waals surface area contributed by atoms with Gasteiger partial charge >= 0.3 is 12.0 Å². The predicted molar refractivity (Wildman–Crippen MR) is 106 cm³/mol. The number of halogens is 1. The van der Waals surface area contributed by atoms with Crippen LogP contribution in [0.15, 0.2) is 18.3 Å². The summed E-state index contributed by atoms with van der Waals surface area (Å²) < 4.78 is 0. The molecule has 8 nitrogen and oxygen atoms in total. The van der Waals surface area contributed by atoms with Crippen molar-refractivity contribution < 1.29 is 19.5 Å². The van der Waals surface area contributed by atoms with Crippen molar-refractivity contribution in [3.8, 4) is 0 Å². The third-order valence-corrected chi connectivity index (χ3v) is 5.69. The normalized spacial score (nSPS) is 23.3. The minimum absolute atomic E-state index is 0. The van der Waals surface area contributed by atoms with Crippen LogP contribution < -0.4 is 11.1 Å². The molecule has 9 heteroatoms. The molecule has 3 amide bonds. The van der Waals surface area contributed by atoms with Gasteiger partial charge in [-0.1, -0.05) is 19.3 Å². The molecule has 1 aliphatic carbocycles. The zero-order valence-corrected chi connectivity index (χ0v) is 16.7. The number of rotatable bonds is 5. The van der Waals surface area contributed by atoms with Crippen LogP contribution in [0.4, 0.5) is 10.6 Å². The van der Waals surface area contributed by atoms with Gasteiger partial charge in [0.25, 0.3) is 0 Å². The van der Waals surface area contributed by atoms with E-state index in [4.69, 9.17) is 5.73 Å². The van der Waals surface area contributed by atoms with Gasteiger partial charge in [-0.15, -0.1) is 12.4 Å². The fraction of sp³-hybridized carbons (Fsp3) is 0.579. The maximum absolute atomic E-state index is 12.6. The van der Waals surface area contributed by atoms with Crippen LogP contribution >= 0.6 is 12.4 Å². The summed E-state index contributed by atoms with van der Waals surface area (Å²) in [6.07, 6.45) is 7.31. The van der Waals surface area contributed by atoms with Crippen LogP contribution in [-0.2, 0) is 16.0 Å². The summed E-state index contributed by atoms with van der Waals surface area (Å²) in [6, 6.07) is 1.44. The summed E-state index contributed by atoms with van der Waals surface area (Å²) in [4.78, 5) is 41.5. The minimum Gasteiger partial charge on any atom is -0.480 e. The highest BCUT2D eigenvalue weighted by Gasteiger charge is 2.54. The first-order valence-corrected chi connectivity index (χ1v) is 9.45. The Bertz CT molecular complexity index is 738. The van der Waals surface area contributed by atoms with Gasteiger partial charge in [-0.2, -0.15) is 0 Å². The number of pyridine rings is 1. The van der Waals surface area contributed by atoms with E-state index in [-0.39, 0.29) is 24.9 Å². The van der Waals surface area contributed by atoms with Gasteiger partial charge in [-0.3, -0.25) is 4.79 Å². The zero-order valence-electron chi connectivity index (χ0n) is 15.8. The van der Waals surface area contributed by atoms with Gasteiger partial charge in [0.15, 0.2) is 6.04 Å². The van der Waals surface area contributed by atoms with Gasteiger partial charge in [0, 0.05) is 12.2 Å². The Morgan fingerprint density at radius 1 is 1.36 bits per heavy atom. The van der Waals surface area contributed by atoms with Crippen molar-refractivity contribution >= 4 is 36.1 Å². The van der Waals surface area contributed by atoms with Crippen molar-refractivity contribution in [3.63, 3.8) is 0 Å². The summed E-state index contributed by atoms with van der Waals surface area (Å²) in [7, 11) is 0. The molecular formula is C19H27ClN4O4. The molecule has 1 aromatic heterocycles. The summed E-state index contributed by atoms with van der Waals surface area (Å²) in [5.41, 5.74) is 6.36. The molecule has 28 heavy (non-hydrogen) atoms. The molecule has 2 heterocycles. The molecule has 3 rings (SSSR count). The van der Waals surface area contributed by atoms with Crippen LogP contribution in [0.1, 0.15) is 44.6 Å². The maximum Gasteiger partial charge on any atom is 0.327 e. The zero-order chi connectivity index (χ0) is 19.6. The average molecular weight is 411 g/mol. The van der Waals surface area contributed by atoms with Crippen molar-refractivity contribution in [1.82, 2.24) is 15.2 Å². The van der Waals surface area contributed by atoms with Gasteiger partial charge in [-0.05, 0) is 49.8 Å². The second-order valence-electron chi connectivity index (χ2n) is 7.53. The number of carboxylic acids is 1. The van der Waals surface area contributed by atoms with E-state index in [1.165, 1.54) is 12.6 Å². The van der Waals surface area contributed by atoms with E-state index in [9.17, 15) is 19.5 Å². The average Bonchev–Trinajstić information content (AvgIpc) is 2.64. The number of nitrogens with zero attached hydrogens (tertiary/aromatic N) is 2. The van der Waals surface area contributed by atoms with Crippen molar-refractivity contribution in [2.24, 2.45) is 11.8 Å². The largest absolute Gasteiger partial charge is 0.480 e. The van der Waals surface area contributed by atoms with Crippen molar-refractivity contribution in [2.75, 3.05) is 5.73 Å². The molecule has 3 atom stereocenters. The molecule has 0 unspecified atom stereocenters. The van der Waals surface area contributed by atoms with E-state index in [1.807, 2.05) is 6.92 Å². The lowest BCUT2D eigenvalue weighted by molar-refractivity contribution is -0.165. The summed E-state index contributed by atoms with van der Waals surface area (Å²) in [5.74, 6) is -1.74. The number of carboxylic acid groups (broad SMARTS) is 1. The second-order valence-corrected chi connectivity index (χ2v) is 7.53. The number of nitrogens with two attached hydrogens (primary N) is 1. The highest BCUT2D eigenvalue weighted by atomic mass is 35.5. The van der Waals surface area contributed by atoms with Gasteiger partial charge in [-0.25, -0.2) is 19.5 Å². The first-order valence-electron chi connectivity index (χ1n) is 9.45. The SMILES string of the molecule is C[C@@H](NC(=O)N1C(=O)[C@H](Cc2ccnc(N)c2)[C@H]1C(=O)O)C1CCCCC1.Cl. The first kappa shape index (κ1) is 21.9. The highest BCUT2D eigenvalue weighted by molar-refractivity contribution is 6.07. The molecule has 0 spiro atoms. The molecule has 0 radical (unpaired) electrons. The monoisotopic (exact) mass is 410 g/mol. The number of nitrogens with one attached hydrogen (secondary N) is 1. The van der Waals surface area contributed by atoms with Crippen molar-refractivity contribution in [3.05, 3.63) is 23.9 Å². The first-order chi connectivity index (χ1) is 12.9. The number of amides is 3. The predicted octanol–water partition coefficient (Wildman–Crippen LogP) is 2.22. The van der Waals surface area contributed by atoms with E-state index < -0.39 is 29.9 Å². The van der Waals surface area contributed by atoms with E-state index in [2.05, 4.69) is 10.3 Å². The topological polar surface area (TPSA) is 126 Å². The van der Waals surface area contributed by atoms with Crippen LogP contribution in [0, 0.1) is 11.8 Å². The Morgan fingerprint density at radius 2 is 2.04 bits per heavy atom. The molecule has 1 aromatic rings. The van der Waals surface area contributed by atoms with E-state index >= 15 is 0 Å². The van der Waals surface area contributed by atoms with Crippen LogP contribution in [0.5, 0.6) is 0 Å². The number of imide groups is 1. The number of hydrogen-bond acceptors (Lipinski definition) is 5. The van der Waals surface area contributed by atoms with Crippen LogP contribution in [0.3, 0.4) is 0 Å². The Hall–Kier alpha value is -2.35. The van der Waals surface area contributed by atoms with Crippen molar-refractivity contribution in [1.29, 1.82) is 0 Å². The van der Waals surface area contributed by atoms with Crippen LogP contribution in [0.2, 0.25) is 0 Å². The number of hydrogen-bond donors (Lipinski definition) is 3. The summed E-state index contributed by atoms with van der Waals surface area (Å²) in [5, 5.41) is 12.4. The molecule has 1 saturated carbocycles. The standard InChI is InChI=1S/C19H26N4O4.ClH/c1-11(13-5-3-2-4-6-13)22-19(27)23-16(18(25)26)14(17(23)24)9-12-7-8-21-15(20)10-12;/h7-8,10-11,13-14,16H,2-6,9H2,1H3,(H2,20,21)(H,22,27)(H,25,26);1H/t11-,14-,16+;/m1./s1. The minimum atomic E-state index is -1.18. The smallest absolute Gasteiger partial charge is 0.327 e. The molecular weight excluding hydrogens is 384 g/mol. The molecule has 1 saturated heterocycles. The Morgan fingerprint density at radius 3 is 2.64 bits per heavy atom. The fourth-order valence-corrected chi connectivity index (χ4v) is 4.15. The van der Waals surface area contributed by atoms with Gasteiger partial charge in [0.05, 0.1) is 5.92 Å². The molecule has 1 aliphatic heterocycles. The van der Waals surface area contributed by atoms with Gasteiger partial charge in [0.2, 0.25) is 5.91 Å². The lowest BCUT2D eigenvalue weighted by Crippen LogP contribution is -2.69. The molecule has 0 bridgehead atoms. The Labute approximate surface area is 170 Å². The number of β-lactam (4-membered cyclic amide) rings is 1. The highest BCUT2D eigenvalue weighted by Crippen LogP contribution is 2.31. The summed E-state index contributed by atoms with van der Waals surface area (Å²) >= 11 is 0. The number of urea groups is 1. The number of aromatic nitrogens is 1. The molecule has 2 aliphatic rings. The second kappa shape index (κ2) is 9.23. The maximum atomic E-state index is 12.6. The number of nitrogen functional groups attached to an aromatic ring is 1. The number of carbonyl (C=O) groups is 3. The third kappa shape index (κ3) is 4.55. The van der Waals surface area contributed by atoms with E-state index in [0.717, 1.165) is 36.1 Å². The number of carbonyl (C=O) groups excluding carboxylic acids is 2. The molecule has 154 valence electrons. The number of likely N-dealkylation sites (tertiary alicyclic amines) is 1. The van der Waals surface area contributed by atoms with Gasteiger partial charge < -0.3 is 16.2 Å². The Balaban J connectivity index is 0.00000280. The lowest BCUT2D eigenvalue weighted by Gasteiger charge is -2.43. The summed E-state index contributed by atoms with van der Waals surface area (Å²) in [6.45, 7) is 1.92.